The van der Waals surface area contributed by atoms with Crippen molar-refractivity contribution in [3.63, 3.8) is 0 Å². The van der Waals surface area contributed by atoms with E-state index in [0.29, 0.717) is 6.42 Å². The maximum absolute atomic E-state index is 12.4. The lowest BCUT2D eigenvalue weighted by atomic mass is 10.0. The van der Waals surface area contributed by atoms with Crippen LogP contribution in [0.3, 0.4) is 0 Å². The number of hydrogen-bond donors (Lipinski definition) is 3. The Morgan fingerprint density at radius 1 is 0.553 bits per heavy atom. The molecule has 7 heteroatoms. The molecule has 0 spiro atoms. The molecule has 280 valence electrons. The molecule has 0 aliphatic carbocycles. The molecule has 0 aromatic heterocycles. The number of amides is 1. The van der Waals surface area contributed by atoms with Gasteiger partial charge < -0.3 is 10.4 Å². The van der Waals surface area contributed by atoms with E-state index in [1.54, 1.807) is 6.08 Å². The van der Waals surface area contributed by atoms with Crippen LogP contribution in [0, 0.1) is 0 Å². The van der Waals surface area contributed by atoms with Crippen LogP contribution in [-0.4, -0.2) is 41.9 Å². The predicted molar refractivity (Wildman–Crippen MR) is 203 cm³/mol. The molecule has 0 fully saturated rings. The highest BCUT2D eigenvalue weighted by Crippen LogP contribution is 2.16. The summed E-state index contributed by atoms with van der Waals surface area (Å²) < 4.78 is 32.4. The summed E-state index contributed by atoms with van der Waals surface area (Å²) in [5.74, 6) is -0.970. The van der Waals surface area contributed by atoms with Crippen LogP contribution in [0.25, 0.3) is 0 Å². The maximum atomic E-state index is 12.4. The van der Waals surface area contributed by atoms with E-state index >= 15 is 0 Å². The normalized spacial score (nSPS) is 13.4. The van der Waals surface area contributed by atoms with E-state index in [2.05, 4.69) is 19.2 Å². The molecule has 0 aromatic rings. The molecule has 0 saturated carbocycles. The molecule has 0 heterocycles. The van der Waals surface area contributed by atoms with Crippen LogP contribution < -0.4 is 5.32 Å². The van der Waals surface area contributed by atoms with Crippen LogP contribution >= 0.6 is 0 Å². The Hall–Kier alpha value is -0.920. The van der Waals surface area contributed by atoms with Crippen molar-refractivity contribution >= 4 is 16.0 Å². The Labute approximate surface area is 292 Å². The quantitative estimate of drug-likeness (QED) is 0.0343. The molecule has 0 saturated heterocycles. The minimum absolute atomic E-state index is 0.277. The summed E-state index contributed by atoms with van der Waals surface area (Å²) in [4.78, 5) is 12.4. The fourth-order valence-corrected chi connectivity index (χ4v) is 7.13. The van der Waals surface area contributed by atoms with Gasteiger partial charge in [0.25, 0.3) is 10.1 Å². The molecule has 2 unspecified atom stereocenters. The number of aliphatic hydroxyl groups excluding tert-OH is 1. The number of carbonyl (C=O) groups excluding carboxylic acids is 1. The maximum Gasteiger partial charge on any atom is 0.267 e. The molecule has 0 radical (unpaired) electrons. The molecule has 0 aliphatic rings. The number of rotatable bonds is 37. The summed E-state index contributed by atoms with van der Waals surface area (Å²) in [6.45, 7) is 4.51. The Balaban J connectivity index is 3.84. The van der Waals surface area contributed by atoms with E-state index in [0.717, 1.165) is 38.5 Å². The molecule has 1 amide bonds. The van der Waals surface area contributed by atoms with Gasteiger partial charge in [-0.25, -0.2) is 0 Å². The minimum Gasteiger partial charge on any atom is -0.387 e. The molecule has 2 atom stereocenters. The Morgan fingerprint density at radius 2 is 0.872 bits per heavy atom. The summed E-state index contributed by atoms with van der Waals surface area (Å²) in [5.41, 5.74) is 0. The largest absolute Gasteiger partial charge is 0.387 e. The van der Waals surface area contributed by atoms with Crippen LogP contribution in [0.5, 0.6) is 0 Å². The summed E-state index contributed by atoms with van der Waals surface area (Å²) in [7, 11) is -4.33. The SMILES string of the molecule is CCCCCCCCCCCCCCCCCCCCC/C=C/C(O)C(CS(=O)(=O)O)NC(=O)CCCCCCCCCCCCC. The predicted octanol–water partition coefficient (Wildman–Crippen LogP) is 11.8. The standard InChI is InChI=1S/C40H79NO5S/c1-3-5-7-9-11-13-15-16-17-18-19-20-21-22-23-24-26-27-29-31-33-35-39(42)38(37-47(44,45)46)41-40(43)36-34-32-30-28-25-14-12-10-8-6-4-2/h33,35,38-39,42H,3-32,34,36-37H2,1-2H3,(H,41,43)(H,44,45,46)/b35-33+. The Kier molecular flexibility index (Phi) is 34.2. The van der Waals surface area contributed by atoms with E-state index in [1.807, 2.05) is 6.08 Å². The zero-order chi connectivity index (χ0) is 34.7. The van der Waals surface area contributed by atoms with Gasteiger partial charge in [0.1, 0.15) is 0 Å². The molecule has 0 aliphatic heterocycles. The summed E-state index contributed by atoms with van der Waals surface area (Å²) in [6, 6.07) is -1.05. The van der Waals surface area contributed by atoms with Gasteiger partial charge in [-0.2, -0.15) is 8.42 Å². The lowest BCUT2D eigenvalue weighted by Crippen LogP contribution is -2.46. The van der Waals surface area contributed by atoms with Gasteiger partial charge in [-0.15, -0.1) is 0 Å². The van der Waals surface area contributed by atoms with Gasteiger partial charge in [0.05, 0.1) is 17.9 Å². The first-order valence-corrected chi connectivity index (χ1v) is 22.0. The highest BCUT2D eigenvalue weighted by Gasteiger charge is 2.24. The van der Waals surface area contributed by atoms with Crippen molar-refractivity contribution in [2.24, 2.45) is 0 Å². The van der Waals surface area contributed by atoms with Crippen LogP contribution in [0.15, 0.2) is 12.2 Å². The smallest absolute Gasteiger partial charge is 0.267 e. The minimum atomic E-state index is -4.33. The van der Waals surface area contributed by atoms with Crippen molar-refractivity contribution in [1.29, 1.82) is 0 Å². The Morgan fingerprint density at radius 3 is 1.21 bits per heavy atom. The van der Waals surface area contributed by atoms with Crippen LogP contribution in [0.2, 0.25) is 0 Å². The Bertz CT molecular complexity index is 800. The van der Waals surface area contributed by atoms with Crippen LogP contribution in [0.4, 0.5) is 0 Å². The molecule has 0 aromatic carbocycles. The molecule has 3 N–H and O–H groups in total. The first-order valence-electron chi connectivity index (χ1n) is 20.4. The number of unbranched alkanes of at least 4 members (excludes halogenated alkanes) is 29. The molecule has 6 nitrogen and oxygen atoms in total. The van der Waals surface area contributed by atoms with Gasteiger partial charge in [0.2, 0.25) is 5.91 Å². The highest BCUT2D eigenvalue weighted by molar-refractivity contribution is 7.85. The molecule has 0 rings (SSSR count). The molecule has 47 heavy (non-hydrogen) atoms. The third-order valence-corrected chi connectivity index (χ3v) is 10.2. The van der Waals surface area contributed by atoms with Gasteiger partial charge >= 0.3 is 0 Å². The van der Waals surface area contributed by atoms with Crippen molar-refractivity contribution in [3.05, 3.63) is 12.2 Å². The van der Waals surface area contributed by atoms with E-state index in [9.17, 15) is 22.9 Å². The number of carbonyl (C=O) groups is 1. The van der Waals surface area contributed by atoms with Crippen LogP contribution in [0.1, 0.15) is 219 Å². The van der Waals surface area contributed by atoms with Gasteiger partial charge in [0, 0.05) is 6.42 Å². The third kappa shape index (κ3) is 36.2. The zero-order valence-electron chi connectivity index (χ0n) is 31.2. The fourth-order valence-electron chi connectivity index (χ4n) is 6.39. The third-order valence-electron chi connectivity index (χ3n) is 9.46. The second-order valence-corrected chi connectivity index (χ2v) is 15.8. The topological polar surface area (TPSA) is 104 Å². The van der Waals surface area contributed by atoms with Crippen molar-refractivity contribution in [1.82, 2.24) is 5.32 Å². The second kappa shape index (κ2) is 34.9. The molecular weight excluding hydrogens is 607 g/mol. The number of allylic oxidation sites excluding steroid dienone is 1. The average Bonchev–Trinajstić information content (AvgIpc) is 3.03. The number of aliphatic hydroxyl groups is 1. The summed E-state index contributed by atoms with van der Waals surface area (Å²) in [6.07, 6.45) is 42.0. The highest BCUT2D eigenvalue weighted by atomic mass is 32.2. The summed E-state index contributed by atoms with van der Waals surface area (Å²) >= 11 is 0. The van der Waals surface area contributed by atoms with Crippen molar-refractivity contribution in [2.75, 3.05) is 5.75 Å². The second-order valence-electron chi connectivity index (χ2n) is 14.3. The lowest BCUT2D eigenvalue weighted by Gasteiger charge is -2.21. The molecule has 0 bridgehead atoms. The van der Waals surface area contributed by atoms with Gasteiger partial charge in [-0.3, -0.25) is 9.35 Å². The van der Waals surface area contributed by atoms with Crippen molar-refractivity contribution in [2.45, 2.75) is 231 Å². The van der Waals surface area contributed by atoms with E-state index in [1.165, 1.54) is 161 Å². The first kappa shape index (κ1) is 46.1. The zero-order valence-corrected chi connectivity index (χ0v) is 32.0. The first-order chi connectivity index (χ1) is 22.8. The van der Waals surface area contributed by atoms with E-state index in [-0.39, 0.29) is 5.91 Å². The van der Waals surface area contributed by atoms with E-state index < -0.39 is 28.0 Å². The monoisotopic (exact) mass is 686 g/mol. The number of nitrogens with one attached hydrogen (secondary N) is 1. The van der Waals surface area contributed by atoms with Crippen molar-refractivity contribution < 1.29 is 22.9 Å². The van der Waals surface area contributed by atoms with Gasteiger partial charge in [-0.05, 0) is 19.3 Å². The summed E-state index contributed by atoms with van der Waals surface area (Å²) in [5, 5.41) is 13.2. The van der Waals surface area contributed by atoms with Gasteiger partial charge in [0.15, 0.2) is 0 Å². The van der Waals surface area contributed by atoms with Gasteiger partial charge in [-0.1, -0.05) is 206 Å². The fraction of sp³-hybridized carbons (Fsp3) is 0.925. The lowest BCUT2D eigenvalue weighted by molar-refractivity contribution is -0.122. The van der Waals surface area contributed by atoms with Crippen LogP contribution in [-0.2, 0) is 14.9 Å². The number of hydrogen-bond acceptors (Lipinski definition) is 4. The molecular formula is C40H79NO5S. The average molecular weight is 686 g/mol. The van der Waals surface area contributed by atoms with Crippen molar-refractivity contribution in [3.8, 4) is 0 Å². The van der Waals surface area contributed by atoms with E-state index in [4.69, 9.17) is 0 Å².